The molecule has 0 spiro atoms. The van der Waals surface area contributed by atoms with Crippen molar-refractivity contribution in [3.8, 4) is 0 Å². The first-order chi connectivity index (χ1) is 12.8. The normalized spacial score (nSPS) is 16.3. The molecule has 142 valence electrons. The lowest BCUT2D eigenvalue weighted by atomic mass is 10.2. The predicted molar refractivity (Wildman–Crippen MR) is 95.6 cm³/mol. The zero-order chi connectivity index (χ0) is 19.6. The number of amides is 1. The van der Waals surface area contributed by atoms with Gasteiger partial charge in [-0.2, -0.15) is 0 Å². The second-order valence-corrected chi connectivity index (χ2v) is 7.28. The topological polar surface area (TPSA) is 55.4 Å². The monoisotopic (exact) mass is 415 g/mol. The fraction of sp³-hybridized carbons (Fsp3) is 0.222. The van der Waals surface area contributed by atoms with Gasteiger partial charge in [-0.25, -0.2) is 13.2 Å². The van der Waals surface area contributed by atoms with E-state index in [4.69, 9.17) is 16.3 Å². The average Bonchev–Trinajstić information content (AvgIpc) is 3.04. The van der Waals surface area contributed by atoms with Crippen LogP contribution in [0, 0.1) is 17.5 Å². The van der Waals surface area contributed by atoms with E-state index in [9.17, 15) is 22.8 Å². The number of cyclic esters (lactones) is 1. The summed E-state index contributed by atoms with van der Waals surface area (Å²) in [5, 5.41) is 2.73. The van der Waals surface area contributed by atoms with Crippen molar-refractivity contribution in [1.29, 1.82) is 0 Å². The van der Waals surface area contributed by atoms with Gasteiger partial charge in [-0.15, -0.1) is 11.8 Å². The highest BCUT2D eigenvalue weighted by atomic mass is 35.5. The molecule has 1 heterocycles. The Morgan fingerprint density at radius 2 is 1.93 bits per heavy atom. The molecule has 1 atom stereocenters. The fourth-order valence-corrected chi connectivity index (χ4v) is 3.77. The van der Waals surface area contributed by atoms with E-state index in [-0.39, 0.29) is 23.3 Å². The van der Waals surface area contributed by atoms with E-state index < -0.39 is 23.4 Å². The van der Waals surface area contributed by atoms with Crippen molar-refractivity contribution < 1.29 is 27.5 Å². The van der Waals surface area contributed by atoms with Crippen molar-refractivity contribution in [2.45, 2.75) is 23.8 Å². The maximum Gasteiger partial charge on any atom is 0.306 e. The maximum atomic E-state index is 13.3. The molecule has 1 amide bonds. The van der Waals surface area contributed by atoms with E-state index in [0.29, 0.717) is 40.6 Å². The number of hydrogen-bond donors (Lipinski definition) is 1. The lowest BCUT2D eigenvalue weighted by Gasteiger charge is -2.11. The lowest BCUT2D eigenvalue weighted by Crippen LogP contribution is -2.13. The van der Waals surface area contributed by atoms with Crippen molar-refractivity contribution >= 4 is 40.9 Å². The highest BCUT2D eigenvalue weighted by Crippen LogP contribution is 2.31. The minimum absolute atomic E-state index is 0.204. The number of carbonyl (C=O) groups excluding carboxylic acids is 2. The molecule has 0 radical (unpaired) electrons. The van der Waals surface area contributed by atoms with Crippen LogP contribution in [0.25, 0.3) is 0 Å². The number of thioether (sulfide) groups is 1. The summed E-state index contributed by atoms with van der Waals surface area (Å²) >= 11 is 7.47. The van der Waals surface area contributed by atoms with Gasteiger partial charge in [-0.3, -0.25) is 9.59 Å². The van der Waals surface area contributed by atoms with Gasteiger partial charge in [0.25, 0.3) is 5.91 Å². The van der Waals surface area contributed by atoms with Crippen LogP contribution in [0.4, 0.5) is 18.9 Å². The number of hydrogen-bond acceptors (Lipinski definition) is 4. The molecule has 1 unspecified atom stereocenters. The molecule has 3 rings (SSSR count). The molecule has 0 aromatic heterocycles. The summed E-state index contributed by atoms with van der Waals surface area (Å²) in [5.74, 6) is -4.78. The van der Waals surface area contributed by atoms with Gasteiger partial charge in [0.1, 0.15) is 6.10 Å². The van der Waals surface area contributed by atoms with Crippen LogP contribution in [0.15, 0.2) is 35.2 Å². The molecule has 27 heavy (non-hydrogen) atoms. The average molecular weight is 416 g/mol. The summed E-state index contributed by atoms with van der Waals surface area (Å²) in [7, 11) is 0. The molecule has 0 aliphatic carbocycles. The smallest absolute Gasteiger partial charge is 0.306 e. The summed E-state index contributed by atoms with van der Waals surface area (Å²) in [5.41, 5.74) is -0.00567. The first-order valence-electron chi connectivity index (χ1n) is 7.91. The van der Waals surface area contributed by atoms with Crippen molar-refractivity contribution in [2.24, 2.45) is 0 Å². The number of ether oxygens (including phenoxy) is 1. The molecule has 4 nitrogen and oxygen atoms in total. The molecule has 1 fully saturated rings. The number of esters is 1. The van der Waals surface area contributed by atoms with Crippen LogP contribution in [0.5, 0.6) is 0 Å². The Balaban J connectivity index is 1.70. The van der Waals surface area contributed by atoms with Gasteiger partial charge in [0.05, 0.1) is 5.02 Å². The Labute approximate surface area is 162 Å². The molecule has 1 N–H and O–H groups in total. The van der Waals surface area contributed by atoms with Crippen LogP contribution in [0.3, 0.4) is 0 Å². The second kappa shape index (κ2) is 8.22. The lowest BCUT2D eigenvalue weighted by molar-refractivity contribution is -0.140. The minimum atomic E-state index is -1.61. The van der Waals surface area contributed by atoms with Crippen molar-refractivity contribution in [2.75, 3.05) is 11.1 Å². The number of anilines is 1. The Morgan fingerprint density at radius 3 is 2.56 bits per heavy atom. The van der Waals surface area contributed by atoms with E-state index in [2.05, 4.69) is 5.32 Å². The number of nitrogens with one attached hydrogen (secondary N) is 1. The Hall–Kier alpha value is -2.19. The Morgan fingerprint density at radius 1 is 1.22 bits per heavy atom. The molecule has 1 aliphatic heterocycles. The summed E-state index contributed by atoms with van der Waals surface area (Å²) in [6.45, 7) is 0. The maximum absolute atomic E-state index is 13.3. The number of rotatable bonds is 5. The standard InChI is InChI=1S/C18H13ClF3NO3S/c19-12-3-1-9(5-15(12)27-8-11-2-4-16(24)26-11)18(25)23-10-6-13(20)17(22)14(21)7-10/h1,3,5-7,11H,2,4,8H2,(H,23,25). The first-order valence-corrected chi connectivity index (χ1v) is 9.27. The van der Waals surface area contributed by atoms with E-state index in [1.54, 1.807) is 0 Å². The van der Waals surface area contributed by atoms with E-state index >= 15 is 0 Å². The Kier molecular flexibility index (Phi) is 5.96. The molecule has 0 saturated carbocycles. The summed E-state index contributed by atoms with van der Waals surface area (Å²) in [4.78, 5) is 24.0. The summed E-state index contributed by atoms with van der Waals surface area (Å²) in [6.07, 6.45) is 0.804. The third kappa shape index (κ3) is 4.75. The number of carbonyl (C=O) groups is 2. The van der Waals surface area contributed by atoms with Gasteiger partial charge in [0.2, 0.25) is 0 Å². The summed E-state index contributed by atoms with van der Waals surface area (Å²) in [6, 6.07) is 5.88. The molecule has 9 heteroatoms. The van der Waals surface area contributed by atoms with Crippen molar-refractivity contribution in [3.05, 3.63) is 58.4 Å². The zero-order valence-corrected chi connectivity index (χ0v) is 15.3. The highest BCUT2D eigenvalue weighted by molar-refractivity contribution is 7.99. The van der Waals surface area contributed by atoms with E-state index in [1.165, 1.54) is 30.0 Å². The molecular formula is C18H13ClF3NO3S. The first kappa shape index (κ1) is 19.6. The van der Waals surface area contributed by atoms with Gasteiger partial charge in [-0.1, -0.05) is 11.6 Å². The van der Waals surface area contributed by atoms with E-state index in [1.807, 2.05) is 0 Å². The Bertz CT molecular complexity index is 886. The van der Waals surface area contributed by atoms with Crippen LogP contribution in [0.2, 0.25) is 5.02 Å². The molecule has 2 aromatic rings. The summed E-state index contributed by atoms with van der Waals surface area (Å²) < 4.78 is 44.6. The third-order valence-corrected chi connectivity index (χ3v) is 5.46. The van der Waals surface area contributed by atoms with Crippen molar-refractivity contribution in [3.63, 3.8) is 0 Å². The molecule has 2 aromatic carbocycles. The fourth-order valence-electron chi connectivity index (χ4n) is 2.47. The SMILES string of the molecule is O=C1CCC(CSc2cc(C(=O)Nc3cc(F)c(F)c(F)c3)ccc2Cl)O1. The molecule has 0 bridgehead atoms. The van der Waals surface area contributed by atoms with Crippen LogP contribution in [-0.2, 0) is 9.53 Å². The molecule has 1 aliphatic rings. The van der Waals surface area contributed by atoms with Crippen LogP contribution in [-0.4, -0.2) is 23.7 Å². The highest BCUT2D eigenvalue weighted by Gasteiger charge is 2.23. The van der Waals surface area contributed by atoms with Gasteiger partial charge in [-0.05, 0) is 24.6 Å². The molecule has 1 saturated heterocycles. The van der Waals surface area contributed by atoms with E-state index in [0.717, 1.165) is 0 Å². The predicted octanol–water partition coefficient (Wildman–Crippen LogP) is 4.81. The van der Waals surface area contributed by atoms with Crippen LogP contribution >= 0.6 is 23.4 Å². The van der Waals surface area contributed by atoms with Crippen molar-refractivity contribution in [1.82, 2.24) is 0 Å². The quantitative estimate of drug-likeness (QED) is 0.432. The number of halogens is 4. The third-order valence-electron chi connectivity index (χ3n) is 3.83. The number of benzene rings is 2. The van der Waals surface area contributed by atoms with Gasteiger partial charge < -0.3 is 10.1 Å². The second-order valence-electron chi connectivity index (χ2n) is 5.81. The van der Waals surface area contributed by atoms with Gasteiger partial charge in [0.15, 0.2) is 17.5 Å². The molecular weight excluding hydrogens is 403 g/mol. The van der Waals surface area contributed by atoms with Gasteiger partial charge in [0, 0.05) is 40.5 Å². The minimum Gasteiger partial charge on any atom is -0.461 e. The zero-order valence-electron chi connectivity index (χ0n) is 13.7. The van der Waals surface area contributed by atoms with Gasteiger partial charge >= 0.3 is 5.97 Å². The van der Waals surface area contributed by atoms with Crippen LogP contribution in [0.1, 0.15) is 23.2 Å². The van der Waals surface area contributed by atoms with Crippen LogP contribution < -0.4 is 5.32 Å². The largest absolute Gasteiger partial charge is 0.461 e.